The molecule has 1 heterocycles. The number of carbonyl (C=O) groups is 1. The topological polar surface area (TPSA) is 58.6 Å². The van der Waals surface area contributed by atoms with Gasteiger partial charge in [0.05, 0.1) is 12.0 Å². The predicted molar refractivity (Wildman–Crippen MR) is 65.0 cm³/mol. The van der Waals surface area contributed by atoms with Crippen molar-refractivity contribution in [3.63, 3.8) is 0 Å². The summed E-state index contributed by atoms with van der Waals surface area (Å²) in [6.07, 6.45) is 6.23. The van der Waals surface area contributed by atoms with Gasteiger partial charge in [0.15, 0.2) is 0 Å². The number of carboxylic acid groups (broad SMARTS) is 1. The molecule has 0 aromatic heterocycles. The maximum Gasteiger partial charge on any atom is 0.306 e. The molecule has 0 aromatic carbocycles. The van der Waals surface area contributed by atoms with Gasteiger partial charge in [-0.05, 0) is 39.0 Å². The molecule has 0 aromatic rings. The van der Waals surface area contributed by atoms with Crippen LogP contribution in [0, 0.1) is 5.92 Å². The Morgan fingerprint density at radius 2 is 2.00 bits per heavy atom. The van der Waals surface area contributed by atoms with Crippen molar-refractivity contribution in [1.82, 2.24) is 5.32 Å². The van der Waals surface area contributed by atoms with Crippen molar-refractivity contribution in [2.45, 2.75) is 63.6 Å². The Balaban J connectivity index is 1.79. The van der Waals surface area contributed by atoms with Crippen LogP contribution in [0.2, 0.25) is 0 Å². The van der Waals surface area contributed by atoms with Crippen LogP contribution in [0.15, 0.2) is 0 Å². The summed E-state index contributed by atoms with van der Waals surface area (Å²) in [7, 11) is 0. The smallest absolute Gasteiger partial charge is 0.306 e. The Bertz CT molecular complexity index is 269. The summed E-state index contributed by atoms with van der Waals surface area (Å²) in [4.78, 5) is 11.0. The summed E-state index contributed by atoms with van der Waals surface area (Å²) in [5, 5.41) is 12.7. The average Bonchev–Trinajstić information content (AvgIpc) is 2.29. The Morgan fingerprint density at radius 3 is 2.71 bits per heavy atom. The van der Waals surface area contributed by atoms with E-state index >= 15 is 0 Å². The van der Waals surface area contributed by atoms with Crippen LogP contribution in [0.1, 0.15) is 45.4 Å². The van der Waals surface area contributed by atoms with Gasteiger partial charge < -0.3 is 15.2 Å². The van der Waals surface area contributed by atoms with Crippen LogP contribution in [0.25, 0.3) is 0 Å². The van der Waals surface area contributed by atoms with Crippen LogP contribution in [0.5, 0.6) is 0 Å². The minimum atomic E-state index is -0.628. The molecule has 0 radical (unpaired) electrons. The molecule has 2 fully saturated rings. The van der Waals surface area contributed by atoms with Gasteiger partial charge in [0.1, 0.15) is 0 Å². The first-order valence-corrected chi connectivity index (χ1v) is 6.75. The molecule has 0 spiro atoms. The van der Waals surface area contributed by atoms with Crippen molar-refractivity contribution in [3.05, 3.63) is 0 Å². The van der Waals surface area contributed by atoms with E-state index in [0.717, 1.165) is 45.1 Å². The molecule has 98 valence electrons. The van der Waals surface area contributed by atoms with E-state index in [1.54, 1.807) is 0 Å². The first-order chi connectivity index (χ1) is 8.15. The summed E-state index contributed by atoms with van der Waals surface area (Å²) >= 11 is 0. The highest BCUT2D eigenvalue weighted by Gasteiger charge is 2.29. The van der Waals surface area contributed by atoms with Crippen molar-refractivity contribution >= 4 is 5.97 Å². The van der Waals surface area contributed by atoms with E-state index < -0.39 is 5.97 Å². The molecular formula is C13H23NO3. The van der Waals surface area contributed by atoms with Gasteiger partial charge in [-0.2, -0.15) is 0 Å². The second kappa shape index (κ2) is 5.83. The van der Waals surface area contributed by atoms with E-state index in [1.807, 2.05) is 0 Å². The van der Waals surface area contributed by atoms with E-state index in [4.69, 9.17) is 9.84 Å². The molecule has 17 heavy (non-hydrogen) atoms. The number of nitrogens with one attached hydrogen (secondary N) is 1. The monoisotopic (exact) mass is 241 g/mol. The highest BCUT2D eigenvalue weighted by Crippen LogP contribution is 2.26. The van der Waals surface area contributed by atoms with Crippen LogP contribution in [0.4, 0.5) is 0 Å². The zero-order valence-electron chi connectivity index (χ0n) is 10.5. The molecule has 2 aliphatic rings. The van der Waals surface area contributed by atoms with Gasteiger partial charge in [-0.3, -0.25) is 4.79 Å². The average molecular weight is 241 g/mol. The van der Waals surface area contributed by atoms with Crippen molar-refractivity contribution in [3.8, 4) is 0 Å². The molecule has 0 amide bonds. The lowest BCUT2D eigenvalue weighted by Crippen LogP contribution is -2.46. The van der Waals surface area contributed by atoms with Crippen LogP contribution in [-0.4, -0.2) is 35.9 Å². The number of carboxylic acids is 1. The largest absolute Gasteiger partial charge is 0.481 e. The normalized spacial score (nSPS) is 38.9. The molecule has 1 saturated heterocycles. The van der Waals surface area contributed by atoms with E-state index in [-0.39, 0.29) is 5.92 Å². The molecule has 4 nitrogen and oxygen atoms in total. The van der Waals surface area contributed by atoms with Crippen LogP contribution < -0.4 is 5.32 Å². The summed E-state index contributed by atoms with van der Waals surface area (Å²) < 4.78 is 5.52. The highest BCUT2D eigenvalue weighted by molar-refractivity contribution is 5.70. The molecule has 0 bridgehead atoms. The van der Waals surface area contributed by atoms with Gasteiger partial charge >= 0.3 is 5.97 Å². The van der Waals surface area contributed by atoms with E-state index in [9.17, 15) is 4.79 Å². The third-order valence-corrected chi connectivity index (χ3v) is 3.98. The summed E-state index contributed by atoms with van der Waals surface area (Å²) in [5.74, 6) is -0.768. The minimum absolute atomic E-state index is 0.140. The van der Waals surface area contributed by atoms with Crippen molar-refractivity contribution in [2.75, 3.05) is 6.61 Å². The first kappa shape index (κ1) is 12.8. The number of aliphatic carboxylic acids is 1. The van der Waals surface area contributed by atoms with E-state index in [1.165, 1.54) is 0 Å². The summed E-state index contributed by atoms with van der Waals surface area (Å²) in [5.41, 5.74) is 0. The van der Waals surface area contributed by atoms with E-state index in [0.29, 0.717) is 18.2 Å². The highest BCUT2D eigenvalue weighted by atomic mass is 16.5. The lowest BCUT2D eigenvalue weighted by molar-refractivity contribution is -0.143. The molecule has 4 unspecified atom stereocenters. The first-order valence-electron chi connectivity index (χ1n) is 6.75. The van der Waals surface area contributed by atoms with Crippen LogP contribution in [-0.2, 0) is 9.53 Å². The zero-order valence-corrected chi connectivity index (χ0v) is 10.5. The minimum Gasteiger partial charge on any atom is -0.481 e. The molecule has 1 saturated carbocycles. The van der Waals surface area contributed by atoms with Crippen LogP contribution >= 0.6 is 0 Å². The van der Waals surface area contributed by atoms with Gasteiger partial charge in [0.25, 0.3) is 0 Å². The van der Waals surface area contributed by atoms with Gasteiger partial charge in [0, 0.05) is 18.7 Å². The van der Waals surface area contributed by atoms with E-state index in [2.05, 4.69) is 12.2 Å². The third-order valence-electron chi connectivity index (χ3n) is 3.98. The van der Waals surface area contributed by atoms with Gasteiger partial charge in [0.2, 0.25) is 0 Å². The zero-order chi connectivity index (χ0) is 12.3. The molecule has 4 atom stereocenters. The van der Waals surface area contributed by atoms with Crippen LogP contribution in [0.3, 0.4) is 0 Å². The summed E-state index contributed by atoms with van der Waals surface area (Å²) in [6.45, 7) is 2.93. The molecule has 4 heteroatoms. The lowest BCUT2D eigenvalue weighted by Gasteiger charge is -2.34. The number of ether oxygens (including phenoxy) is 1. The van der Waals surface area contributed by atoms with Crippen molar-refractivity contribution in [1.29, 1.82) is 0 Å². The predicted octanol–water partition coefficient (Wildman–Crippen LogP) is 1.79. The fourth-order valence-corrected chi connectivity index (χ4v) is 3.05. The lowest BCUT2D eigenvalue weighted by atomic mass is 9.85. The van der Waals surface area contributed by atoms with Gasteiger partial charge in [-0.25, -0.2) is 0 Å². The fraction of sp³-hybridized carbons (Fsp3) is 0.923. The third kappa shape index (κ3) is 3.68. The van der Waals surface area contributed by atoms with Gasteiger partial charge in [-0.1, -0.05) is 6.42 Å². The SMILES string of the molecule is CC1CC(NC2CCCC(C(=O)O)C2)CCO1. The van der Waals surface area contributed by atoms with Crippen molar-refractivity contribution in [2.24, 2.45) is 5.92 Å². The number of hydrogen-bond acceptors (Lipinski definition) is 3. The number of rotatable bonds is 3. The molecular weight excluding hydrogens is 218 g/mol. The molecule has 1 aliphatic carbocycles. The Hall–Kier alpha value is -0.610. The van der Waals surface area contributed by atoms with Gasteiger partial charge in [-0.15, -0.1) is 0 Å². The molecule has 2 rings (SSSR count). The molecule has 1 aliphatic heterocycles. The maximum atomic E-state index is 11.0. The second-order valence-corrected chi connectivity index (χ2v) is 5.47. The maximum absolute atomic E-state index is 11.0. The summed E-state index contributed by atoms with van der Waals surface area (Å²) in [6, 6.07) is 0.899. The Morgan fingerprint density at radius 1 is 1.24 bits per heavy atom. The number of hydrogen-bond donors (Lipinski definition) is 2. The standard InChI is InChI=1S/C13H23NO3/c1-9-7-12(5-6-17-9)14-11-4-2-3-10(8-11)13(15)16/h9-12,14H,2-8H2,1H3,(H,15,16). The Kier molecular flexibility index (Phi) is 4.40. The van der Waals surface area contributed by atoms with Crippen molar-refractivity contribution < 1.29 is 14.6 Å². The fourth-order valence-electron chi connectivity index (χ4n) is 3.05. The molecule has 2 N–H and O–H groups in total. The quantitative estimate of drug-likeness (QED) is 0.791. The second-order valence-electron chi connectivity index (χ2n) is 5.47. The Labute approximate surface area is 103 Å².